The van der Waals surface area contributed by atoms with Crippen molar-refractivity contribution in [3.8, 4) is 0 Å². The van der Waals surface area contributed by atoms with E-state index in [1.165, 1.54) is 25.3 Å². The van der Waals surface area contributed by atoms with Gasteiger partial charge in [0.05, 0.1) is 63.1 Å². The lowest BCUT2D eigenvalue weighted by molar-refractivity contribution is 0.920. The summed E-state index contributed by atoms with van der Waals surface area (Å²) in [5.41, 5.74) is 15.3. The van der Waals surface area contributed by atoms with Gasteiger partial charge >= 0.3 is 0 Å². The van der Waals surface area contributed by atoms with Gasteiger partial charge in [-0.2, -0.15) is 30.6 Å². The zero-order chi connectivity index (χ0) is 67.4. The van der Waals surface area contributed by atoms with Crippen molar-refractivity contribution in [1.82, 2.24) is 130 Å². The number of aryl methyl sites for hydroxylation is 19. The molecule has 0 bridgehead atoms. The van der Waals surface area contributed by atoms with Crippen molar-refractivity contribution in [3.05, 3.63) is 275 Å². The van der Waals surface area contributed by atoms with E-state index in [1.807, 2.05) is 180 Å². The van der Waals surface area contributed by atoms with Crippen molar-refractivity contribution in [3.63, 3.8) is 0 Å². The molecule has 0 N–H and O–H groups in total. The van der Waals surface area contributed by atoms with Crippen LogP contribution in [0.2, 0.25) is 0 Å². The van der Waals surface area contributed by atoms with Crippen LogP contribution in [0.5, 0.6) is 0 Å². The Balaban J connectivity index is 0.000000497. The maximum absolute atomic E-state index is 4.11. The van der Waals surface area contributed by atoms with Gasteiger partial charge in [0.1, 0.15) is 54.9 Å². The molecule has 0 atom stereocenters. The fourth-order valence-corrected chi connectivity index (χ4v) is 5.17. The lowest BCUT2D eigenvalue weighted by Crippen LogP contribution is -1.91. The van der Waals surface area contributed by atoms with Gasteiger partial charge in [-0.3, -0.25) is 39.9 Å². The fourth-order valence-electron chi connectivity index (χ4n) is 5.17. The first-order valence-electron chi connectivity index (χ1n) is 28.2. The molecule has 26 nitrogen and oxygen atoms in total. The molecule has 12 heterocycles. The summed E-state index contributed by atoms with van der Waals surface area (Å²) in [7, 11) is 0. The summed E-state index contributed by atoms with van der Waals surface area (Å²) in [6.45, 7) is 36.5. The highest BCUT2D eigenvalue weighted by molar-refractivity contribution is 5.11. The Morgan fingerprint density at radius 2 is 0.703 bits per heavy atom. The second kappa shape index (κ2) is 48.9. The number of aromatic nitrogens is 26. The van der Waals surface area contributed by atoms with E-state index in [0.717, 1.165) is 108 Å². The maximum atomic E-state index is 4.11. The molecule has 91 heavy (non-hydrogen) atoms. The average Bonchev–Trinajstić information content (AvgIpc) is 3.57. The number of rotatable bonds is 0. The summed E-state index contributed by atoms with van der Waals surface area (Å²) in [5, 5.41) is 22.3. The van der Waals surface area contributed by atoms with Crippen molar-refractivity contribution in [1.29, 1.82) is 0 Å². The molecule has 0 unspecified atom stereocenters. The summed E-state index contributed by atoms with van der Waals surface area (Å²) in [4.78, 5) is 77.8. The van der Waals surface area contributed by atoms with Gasteiger partial charge in [-0.1, -0.05) is 0 Å². The molecule has 0 aliphatic heterocycles. The summed E-state index contributed by atoms with van der Waals surface area (Å²) < 4.78 is 0. The Hall–Kier alpha value is -11.2. The van der Waals surface area contributed by atoms with Gasteiger partial charge in [-0.25, -0.2) is 59.8 Å². The minimum Gasteiger partial charge on any atom is -0.261 e. The largest absolute Gasteiger partial charge is 0.261 e. The molecule has 12 aromatic rings. The minimum absolute atomic E-state index is 0.759. The van der Waals surface area contributed by atoms with Crippen LogP contribution < -0.4 is 0 Å². The molecule has 0 fully saturated rings. The third-order valence-corrected chi connectivity index (χ3v) is 10.2. The smallest absolute Gasteiger partial charge is 0.129 e. The van der Waals surface area contributed by atoms with E-state index in [-0.39, 0.29) is 0 Å². The number of nitrogens with zero attached hydrogens (tertiary/aromatic N) is 26. The van der Waals surface area contributed by atoms with Gasteiger partial charge in [0.25, 0.3) is 0 Å². The molecular formula is C65H84N26. The van der Waals surface area contributed by atoms with Crippen molar-refractivity contribution in [2.24, 2.45) is 0 Å². The fraction of sp³-hybridized carbons (Fsp3) is 0.292. The Morgan fingerprint density at radius 3 is 0.989 bits per heavy atom. The van der Waals surface area contributed by atoms with E-state index < -0.39 is 0 Å². The van der Waals surface area contributed by atoms with Crippen LogP contribution in [0.4, 0.5) is 0 Å². The second-order valence-corrected chi connectivity index (χ2v) is 19.1. The number of hydrogen-bond acceptors (Lipinski definition) is 26. The molecule has 0 amide bonds. The van der Waals surface area contributed by atoms with E-state index in [4.69, 9.17) is 0 Å². The SMILES string of the molecule is Cc1ccc(C)nn1.Cc1cccnn1.Cc1ccnnc1.Cc1cnc(C)cn1.Cc1cnc(C)nc1.Cc1cncc(C)n1.Cc1cnccn1.Cc1cncnc1.Cc1cncnc1C.Cc1nccnc1C.Cc1ncnc(C)n1.Cc1ncncn1. The first kappa shape index (κ1) is 77.8. The van der Waals surface area contributed by atoms with Crippen LogP contribution >= 0.6 is 0 Å². The van der Waals surface area contributed by atoms with E-state index >= 15 is 0 Å². The molecule has 0 aliphatic carbocycles. The zero-order valence-electron chi connectivity index (χ0n) is 55.7. The van der Waals surface area contributed by atoms with Crippen LogP contribution in [0, 0.1) is 132 Å². The highest BCUT2D eigenvalue weighted by Gasteiger charge is 1.90. The van der Waals surface area contributed by atoms with E-state index in [2.05, 4.69) is 130 Å². The van der Waals surface area contributed by atoms with Crippen molar-refractivity contribution >= 4 is 0 Å². The van der Waals surface area contributed by atoms with Crippen molar-refractivity contribution in [2.45, 2.75) is 132 Å². The van der Waals surface area contributed by atoms with Crippen LogP contribution in [0.25, 0.3) is 0 Å². The van der Waals surface area contributed by atoms with Gasteiger partial charge in [0, 0.05) is 105 Å². The van der Waals surface area contributed by atoms with E-state index in [1.54, 1.807) is 93.1 Å². The van der Waals surface area contributed by atoms with Crippen molar-refractivity contribution in [2.75, 3.05) is 0 Å². The Bertz CT molecular complexity index is 3130. The quantitative estimate of drug-likeness (QED) is 0.136. The van der Waals surface area contributed by atoms with E-state index in [9.17, 15) is 0 Å². The molecule has 0 spiro atoms. The maximum Gasteiger partial charge on any atom is 0.129 e. The lowest BCUT2D eigenvalue weighted by atomic mass is 10.3. The topological polar surface area (TPSA) is 335 Å². The average molecular weight is 1230 g/mol. The summed E-state index contributed by atoms with van der Waals surface area (Å²) in [6.07, 6.45) is 37.0. The normalized spacial score (nSPS) is 9.04. The zero-order valence-corrected chi connectivity index (χ0v) is 55.7. The van der Waals surface area contributed by atoms with Crippen LogP contribution in [0.15, 0.2) is 167 Å². The summed E-state index contributed by atoms with van der Waals surface area (Å²) in [6, 6.07) is 9.58. The van der Waals surface area contributed by atoms with Gasteiger partial charge in [-0.15, -0.1) is 0 Å². The van der Waals surface area contributed by atoms with Crippen LogP contribution in [-0.4, -0.2) is 130 Å². The first-order chi connectivity index (χ1) is 43.5. The predicted molar refractivity (Wildman–Crippen MR) is 350 cm³/mol. The Kier molecular flexibility index (Phi) is 41.8. The Labute approximate surface area is 535 Å². The lowest BCUT2D eigenvalue weighted by Gasteiger charge is -1.91. The molecule has 474 valence electrons. The van der Waals surface area contributed by atoms with E-state index in [0.29, 0.717) is 0 Å². The van der Waals surface area contributed by atoms with Crippen LogP contribution in [0.3, 0.4) is 0 Å². The standard InChI is InChI=1S/6C6H8N2.C5H7N3.4C5H6N2.C4H5N3/c1-5-3-7-4-8-6(5)2;1-5-3-8-6(2)4-7-5;1-5-3-7-4-6(2)8-5;1-5-3-7-6(2)8-4-5;1-5-6(2)8-4-3-7-5;1-5-3-4-6(2)8-7-5;1-4-6-3-7-5(2)8-4;1-5-2-6-4-7-3-5;1-5-4-6-2-3-7-5;1-5-2-3-6-7-4-5;1-5-3-2-4-6-7-5;1-4-6-2-5-3-7-4/h6*3-4H,1-2H3;3H,1-2H3;4*2-4H,1H3;2-3H,1H3. The summed E-state index contributed by atoms with van der Waals surface area (Å²) in [5.74, 6) is 3.14. The third kappa shape index (κ3) is 45.8. The molecule has 12 rings (SSSR count). The molecule has 12 aromatic heterocycles. The first-order valence-corrected chi connectivity index (χ1v) is 28.2. The summed E-state index contributed by atoms with van der Waals surface area (Å²) >= 11 is 0. The molecule has 0 saturated carbocycles. The van der Waals surface area contributed by atoms with Crippen LogP contribution in [0.1, 0.15) is 108 Å². The molecule has 0 aromatic carbocycles. The highest BCUT2D eigenvalue weighted by atomic mass is 15.1. The minimum atomic E-state index is 0.759. The monoisotopic (exact) mass is 1230 g/mol. The van der Waals surface area contributed by atoms with Gasteiger partial charge in [0.15, 0.2) is 0 Å². The van der Waals surface area contributed by atoms with Gasteiger partial charge in [-0.05, 0) is 184 Å². The highest BCUT2D eigenvalue weighted by Crippen LogP contribution is 1.97. The Morgan fingerprint density at radius 1 is 0.220 bits per heavy atom. The second-order valence-electron chi connectivity index (χ2n) is 19.1. The molecular weight excluding hydrogens is 1140 g/mol. The van der Waals surface area contributed by atoms with Gasteiger partial charge < -0.3 is 0 Å². The molecule has 0 radical (unpaired) electrons. The number of hydrogen-bond donors (Lipinski definition) is 0. The van der Waals surface area contributed by atoms with Gasteiger partial charge in [0.2, 0.25) is 0 Å². The molecule has 26 heteroatoms. The molecule has 0 aliphatic rings. The third-order valence-electron chi connectivity index (χ3n) is 10.2. The molecule has 0 saturated heterocycles. The predicted octanol–water partition coefficient (Wildman–Crippen LogP) is 10.4. The van der Waals surface area contributed by atoms with Crippen LogP contribution in [-0.2, 0) is 0 Å². The van der Waals surface area contributed by atoms with Crippen molar-refractivity contribution < 1.29 is 0 Å².